The SMILES string of the molecule is CC[C@H](C)[C@H](NC(=O)[C@@H](N)CCSC)C(=O)N[C@@H](CC(C)C)C(=O)N[C@@H](CC(C)C)C(=O)O. The van der Waals surface area contributed by atoms with Gasteiger partial charge >= 0.3 is 5.97 Å². The van der Waals surface area contributed by atoms with E-state index >= 15 is 0 Å². The van der Waals surface area contributed by atoms with E-state index in [4.69, 9.17) is 5.73 Å². The van der Waals surface area contributed by atoms with Crippen LogP contribution in [0.1, 0.15) is 67.2 Å². The number of carboxylic acid groups (broad SMARTS) is 1. The van der Waals surface area contributed by atoms with Crippen LogP contribution in [0, 0.1) is 17.8 Å². The zero-order valence-corrected chi connectivity index (χ0v) is 22.0. The van der Waals surface area contributed by atoms with E-state index in [2.05, 4.69) is 16.0 Å². The smallest absolute Gasteiger partial charge is 0.326 e. The highest BCUT2D eigenvalue weighted by molar-refractivity contribution is 7.98. The number of carboxylic acids is 1. The molecule has 0 heterocycles. The van der Waals surface area contributed by atoms with Crippen molar-refractivity contribution in [3.8, 4) is 0 Å². The predicted octanol–water partition coefficient (Wildman–Crippen LogP) is 1.74. The van der Waals surface area contributed by atoms with E-state index in [-0.39, 0.29) is 24.2 Å². The Hall–Kier alpha value is -1.81. The summed E-state index contributed by atoms with van der Waals surface area (Å²) in [6, 6.07) is -3.53. The third-order valence-corrected chi connectivity index (χ3v) is 6.07. The number of amides is 3. The van der Waals surface area contributed by atoms with Gasteiger partial charge in [-0.15, -0.1) is 0 Å². The molecule has 192 valence electrons. The fourth-order valence-electron chi connectivity index (χ4n) is 3.27. The van der Waals surface area contributed by atoms with Crippen molar-refractivity contribution in [1.82, 2.24) is 16.0 Å². The number of thioether (sulfide) groups is 1. The van der Waals surface area contributed by atoms with Gasteiger partial charge < -0.3 is 26.8 Å². The Morgan fingerprint density at radius 3 is 1.82 bits per heavy atom. The molecule has 6 N–H and O–H groups in total. The third-order valence-electron chi connectivity index (χ3n) is 5.42. The van der Waals surface area contributed by atoms with Crippen molar-refractivity contribution < 1.29 is 24.3 Å². The Morgan fingerprint density at radius 2 is 1.36 bits per heavy atom. The zero-order valence-electron chi connectivity index (χ0n) is 21.1. The van der Waals surface area contributed by atoms with Crippen LogP contribution in [0.5, 0.6) is 0 Å². The Morgan fingerprint density at radius 1 is 0.848 bits per heavy atom. The molecular weight excluding hydrogens is 444 g/mol. The number of nitrogens with one attached hydrogen (secondary N) is 3. The summed E-state index contributed by atoms with van der Waals surface area (Å²) in [6.45, 7) is 11.3. The van der Waals surface area contributed by atoms with Crippen molar-refractivity contribution in [1.29, 1.82) is 0 Å². The number of rotatable bonds is 16. The Bertz CT molecular complexity index is 644. The van der Waals surface area contributed by atoms with Crippen LogP contribution in [0.4, 0.5) is 0 Å². The van der Waals surface area contributed by atoms with E-state index in [0.717, 1.165) is 5.75 Å². The number of carbonyl (C=O) groups excluding carboxylic acids is 3. The Balaban J connectivity index is 5.51. The van der Waals surface area contributed by atoms with Gasteiger partial charge in [-0.1, -0.05) is 48.0 Å². The van der Waals surface area contributed by atoms with Crippen LogP contribution in [0.3, 0.4) is 0 Å². The van der Waals surface area contributed by atoms with E-state index in [1.165, 1.54) is 0 Å². The lowest BCUT2D eigenvalue weighted by molar-refractivity contribution is -0.143. The molecule has 0 fully saturated rings. The molecule has 0 spiro atoms. The summed E-state index contributed by atoms with van der Waals surface area (Å²) >= 11 is 1.59. The maximum Gasteiger partial charge on any atom is 0.326 e. The summed E-state index contributed by atoms with van der Waals surface area (Å²) < 4.78 is 0. The quantitative estimate of drug-likeness (QED) is 0.222. The second-order valence-electron chi connectivity index (χ2n) is 9.48. The molecule has 0 aromatic rings. The largest absolute Gasteiger partial charge is 0.480 e. The Labute approximate surface area is 202 Å². The van der Waals surface area contributed by atoms with Gasteiger partial charge in [0.05, 0.1) is 6.04 Å². The number of nitrogens with two attached hydrogens (primary N) is 1. The molecule has 9 nitrogen and oxygen atoms in total. The topological polar surface area (TPSA) is 151 Å². The third kappa shape index (κ3) is 12.3. The minimum atomic E-state index is -1.12. The maximum atomic E-state index is 13.1. The molecule has 0 saturated carbocycles. The van der Waals surface area contributed by atoms with E-state index in [9.17, 15) is 24.3 Å². The van der Waals surface area contributed by atoms with E-state index < -0.39 is 47.9 Å². The lowest BCUT2D eigenvalue weighted by Gasteiger charge is -2.28. The van der Waals surface area contributed by atoms with Crippen molar-refractivity contribution in [2.24, 2.45) is 23.5 Å². The molecular formula is C23H44N4O5S. The zero-order chi connectivity index (χ0) is 25.7. The lowest BCUT2D eigenvalue weighted by atomic mass is 9.96. The fraction of sp³-hybridized carbons (Fsp3) is 0.826. The second kappa shape index (κ2) is 15.9. The molecule has 0 radical (unpaired) electrons. The van der Waals surface area contributed by atoms with E-state index in [1.807, 2.05) is 47.8 Å². The molecule has 0 rings (SSSR count). The first-order valence-electron chi connectivity index (χ1n) is 11.7. The molecule has 0 bridgehead atoms. The van der Waals surface area contributed by atoms with Crippen molar-refractivity contribution in [3.63, 3.8) is 0 Å². The van der Waals surface area contributed by atoms with Gasteiger partial charge in [-0.3, -0.25) is 14.4 Å². The molecule has 0 aliphatic rings. The van der Waals surface area contributed by atoms with Crippen LogP contribution < -0.4 is 21.7 Å². The van der Waals surface area contributed by atoms with Crippen LogP contribution in [0.25, 0.3) is 0 Å². The van der Waals surface area contributed by atoms with Gasteiger partial charge in [-0.05, 0) is 49.0 Å². The minimum Gasteiger partial charge on any atom is -0.480 e. The summed E-state index contributed by atoms with van der Waals surface area (Å²) in [5, 5.41) is 17.5. The lowest BCUT2D eigenvalue weighted by Crippen LogP contribution is -2.58. The maximum absolute atomic E-state index is 13.1. The van der Waals surface area contributed by atoms with Gasteiger partial charge in [0.1, 0.15) is 18.1 Å². The molecule has 10 heteroatoms. The number of aliphatic carboxylic acids is 1. The normalized spacial score (nSPS) is 15.9. The van der Waals surface area contributed by atoms with Crippen molar-refractivity contribution in [2.45, 2.75) is 91.4 Å². The number of hydrogen-bond acceptors (Lipinski definition) is 6. The van der Waals surface area contributed by atoms with Crippen molar-refractivity contribution >= 4 is 35.5 Å². The molecule has 0 aromatic heterocycles. The van der Waals surface area contributed by atoms with Gasteiger partial charge in [0.2, 0.25) is 17.7 Å². The molecule has 5 atom stereocenters. The van der Waals surface area contributed by atoms with Crippen LogP contribution in [-0.4, -0.2) is 65.0 Å². The summed E-state index contributed by atoms with van der Waals surface area (Å²) in [4.78, 5) is 50.2. The second-order valence-corrected chi connectivity index (χ2v) is 10.5. The standard InChI is InChI=1S/C23H44N4O5S/c1-8-15(6)19(27-20(28)16(24)9-10-33-7)22(30)25-17(11-13(2)3)21(29)26-18(23(31)32)12-14(4)5/h13-19H,8-12,24H2,1-7H3,(H,25,30)(H,26,29)(H,27,28)(H,31,32)/t15-,16-,17-,18-,19-/m0/s1. The van der Waals surface area contributed by atoms with Crippen molar-refractivity contribution in [3.05, 3.63) is 0 Å². The first-order valence-corrected chi connectivity index (χ1v) is 13.1. The number of hydrogen-bond donors (Lipinski definition) is 5. The molecule has 0 unspecified atom stereocenters. The summed E-state index contributed by atoms with van der Waals surface area (Å²) in [5.74, 6) is -1.85. The molecule has 33 heavy (non-hydrogen) atoms. The summed E-state index contributed by atoms with van der Waals surface area (Å²) in [6.07, 6.45) is 3.67. The minimum absolute atomic E-state index is 0.0739. The molecule has 0 aliphatic heterocycles. The van der Waals surface area contributed by atoms with Gasteiger partial charge in [0.25, 0.3) is 0 Å². The summed E-state index contributed by atoms with van der Waals surface area (Å²) in [5.41, 5.74) is 5.95. The Kier molecular flexibility index (Phi) is 15.1. The monoisotopic (exact) mass is 488 g/mol. The van der Waals surface area contributed by atoms with Crippen LogP contribution in [0.2, 0.25) is 0 Å². The summed E-state index contributed by atoms with van der Waals surface area (Å²) in [7, 11) is 0. The highest BCUT2D eigenvalue weighted by Gasteiger charge is 2.32. The first-order chi connectivity index (χ1) is 15.3. The van der Waals surface area contributed by atoms with Crippen LogP contribution in [-0.2, 0) is 19.2 Å². The molecule has 0 aliphatic carbocycles. The van der Waals surface area contributed by atoms with E-state index in [0.29, 0.717) is 19.3 Å². The molecule has 0 saturated heterocycles. The van der Waals surface area contributed by atoms with Gasteiger partial charge in [0, 0.05) is 0 Å². The number of carbonyl (C=O) groups is 4. The van der Waals surface area contributed by atoms with Crippen molar-refractivity contribution in [2.75, 3.05) is 12.0 Å². The fourth-order valence-corrected chi connectivity index (χ4v) is 3.76. The van der Waals surface area contributed by atoms with Gasteiger partial charge in [0.15, 0.2) is 0 Å². The average molecular weight is 489 g/mol. The van der Waals surface area contributed by atoms with Crippen LogP contribution in [0.15, 0.2) is 0 Å². The first kappa shape index (κ1) is 31.2. The molecule has 0 aromatic carbocycles. The van der Waals surface area contributed by atoms with Gasteiger partial charge in [-0.25, -0.2) is 4.79 Å². The predicted molar refractivity (Wildman–Crippen MR) is 133 cm³/mol. The highest BCUT2D eigenvalue weighted by atomic mass is 32.2. The molecule has 3 amide bonds. The van der Waals surface area contributed by atoms with Crippen LogP contribution >= 0.6 is 11.8 Å². The van der Waals surface area contributed by atoms with E-state index in [1.54, 1.807) is 11.8 Å². The van der Waals surface area contributed by atoms with Gasteiger partial charge in [-0.2, -0.15) is 11.8 Å². The highest BCUT2D eigenvalue weighted by Crippen LogP contribution is 2.12. The average Bonchev–Trinajstić information content (AvgIpc) is 2.72.